The normalized spacial score (nSPS) is 10.3. The summed E-state index contributed by atoms with van der Waals surface area (Å²) in [7, 11) is 0. The Balaban J connectivity index is 1.86. The van der Waals surface area contributed by atoms with Gasteiger partial charge in [0.1, 0.15) is 0 Å². The Morgan fingerprint density at radius 3 is 2.87 bits per heavy atom. The fraction of sp³-hybridized carbons (Fsp3) is 0.0625. The van der Waals surface area contributed by atoms with Crippen LogP contribution in [0.2, 0.25) is 10.0 Å². The number of hydrogen-bond donors (Lipinski definition) is 1. The number of nitrogens with zero attached hydrogens (tertiary/aromatic N) is 2. The number of amides is 1. The van der Waals surface area contributed by atoms with Crippen molar-refractivity contribution in [3.63, 3.8) is 0 Å². The fourth-order valence-electron chi connectivity index (χ4n) is 1.67. The summed E-state index contributed by atoms with van der Waals surface area (Å²) in [6.07, 6.45) is 1.37. The molecule has 0 aliphatic carbocycles. The van der Waals surface area contributed by atoms with Gasteiger partial charge in [-0.3, -0.25) is 4.79 Å². The van der Waals surface area contributed by atoms with Gasteiger partial charge in [-0.05, 0) is 24.3 Å². The molecular weight excluding hydrogens is 337 g/mol. The van der Waals surface area contributed by atoms with E-state index in [1.165, 1.54) is 6.21 Å². The van der Waals surface area contributed by atoms with Crippen molar-refractivity contribution < 1.29 is 9.63 Å². The number of rotatable bonds is 5. The summed E-state index contributed by atoms with van der Waals surface area (Å²) in [5.74, 6) is -0.394. The van der Waals surface area contributed by atoms with Gasteiger partial charge in [0, 0.05) is 11.3 Å². The first-order valence-electron chi connectivity index (χ1n) is 6.49. The van der Waals surface area contributed by atoms with E-state index in [4.69, 9.17) is 33.3 Å². The molecule has 5 nitrogen and oxygen atoms in total. The number of anilines is 1. The van der Waals surface area contributed by atoms with Crippen molar-refractivity contribution in [2.75, 3.05) is 11.9 Å². The molecule has 0 aliphatic rings. The van der Waals surface area contributed by atoms with Crippen LogP contribution in [0.3, 0.4) is 0 Å². The van der Waals surface area contributed by atoms with Gasteiger partial charge in [-0.25, -0.2) is 0 Å². The third-order valence-electron chi connectivity index (χ3n) is 2.72. The number of halogens is 2. The monoisotopic (exact) mass is 347 g/mol. The molecular formula is C16H11Cl2N3O2. The van der Waals surface area contributed by atoms with Gasteiger partial charge in [0.15, 0.2) is 6.61 Å². The van der Waals surface area contributed by atoms with E-state index in [0.29, 0.717) is 26.9 Å². The molecule has 2 aromatic rings. The number of benzene rings is 2. The Kier molecular flexibility index (Phi) is 5.98. The van der Waals surface area contributed by atoms with Crippen LogP contribution in [0.5, 0.6) is 0 Å². The highest BCUT2D eigenvalue weighted by Crippen LogP contribution is 2.24. The van der Waals surface area contributed by atoms with Gasteiger partial charge in [0.05, 0.1) is 27.9 Å². The molecule has 23 heavy (non-hydrogen) atoms. The van der Waals surface area contributed by atoms with Crippen LogP contribution in [0.4, 0.5) is 5.69 Å². The minimum Gasteiger partial charge on any atom is -0.386 e. The molecule has 0 unspecified atom stereocenters. The Morgan fingerprint density at radius 2 is 2.09 bits per heavy atom. The second-order valence-electron chi connectivity index (χ2n) is 4.39. The number of carbonyl (C=O) groups is 1. The maximum absolute atomic E-state index is 11.7. The van der Waals surface area contributed by atoms with Crippen LogP contribution >= 0.6 is 23.2 Å². The van der Waals surface area contributed by atoms with Crippen LogP contribution in [0.15, 0.2) is 47.6 Å². The van der Waals surface area contributed by atoms with Crippen LogP contribution in [0.25, 0.3) is 0 Å². The summed E-state index contributed by atoms with van der Waals surface area (Å²) in [5.41, 5.74) is 1.55. The van der Waals surface area contributed by atoms with Crippen LogP contribution in [-0.2, 0) is 9.63 Å². The van der Waals surface area contributed by atoms with Crippen LogP contribution in [0.1, 0.15) is 11.1 Å². The first-order valence-corrected chi connectivity index (χ1v) is 7.25. The van der Waals surface area contributed by atoms with Crippen molar-refractivity contribution in [3.8, 4) is 6.07 Å². The molecule has 2 rings (SSSR count). The third-order valence-corrected chi connectivity index (χ3v) is 3.55. The number of nitriles is 1. The SMILES string of the molecule is N#Cc1cccc(NC(=O)CO/N=C\c2cccc(Cl)c2Cl)c1. The van der Waals surface area contributed by atoms with E-state index in [-0.39, 0.29) is 6.61 Å². The average Bonchev–Trinajstić information content (AvgIpc) is 2.55. The molecule has 0 saturated heterocycles. The highest BCUT2D eigenvalue weighted by atomic mass is 35.5. The number of nitrogens with one attached hydrogen (secondary N) is 1. The van der Waals surface area contributed by atoms with Crippen LogP contribution in [-0.4, -0.2) is 18.7 Å². The number of oxime groups is 1. The number of hydrogen-bond acceptors (Lipinski definition) is 4. The van der Waals surface area contributed by atoms with E-state index < -0.39 is 5.91 Å². The van der Waals surface area contributed by atoms with E-state index in [1.807, 2.05) is 6.07 Å². The van der Waals surface area contributed by atoms with E-state index in [0.717, 1.165) is 0 Å². The van der Waals surface area contributed by atoms with Crippen molar-refractivity contribution >= 4 is 41.0 Å². The molecule has 7 heteroatoms. The minimum absolute atomic E-state index is 0.272. The van der Waals surface area contributed by atoms with Gasteiger partial charge in [0.25, 0.3) is 5.91 Å². The first kappa shape index (κ1) is 16.8. The van der Waals surface area contributed by atoms with E-state index in [9.17, 15) is 4.79 Å². The molecule has 1 amide bonds. The van der Waals surface area contributed by atoms with Crippen molar-refractivity contribution in [1.82, 2.24) is 0 Å². The van der Waals surface area contributed by atoms with E-state index in [2.05, 4.69) is 10.5 Å². The van der Waals surface area contributed by atoms with Gasteiger partial charge >= 0.3 is 0 Å². The predicted molar refractivity (Wildman–Crippen MR) is 89.8 cm³/mol. The fourth-order valence-corrected chi connectivity index (χ4v) is 2.03. The highest BCUT2D eigenvalue weighted by molar-refractivity contribution is 6.43. The summed E-state index contributed by atoms with van der Waals surface area (Å²) in [6.45, 7) is -0.272. The van der Waals surface area contributed by atoms with Crippen molar-refractivity contribution in [1.29, 1.82) is 5.26 Å². The second kappa shape index (κ2) is 8.18. The van der Waals surface area contributed by atoms with Gasteiger partial charge in [0.2, 0.25) is 0 Å². The Morgan fingerprint density at radius 1 is 1.30 bits per heavy atom. The van der Waals surface area contributed by atoms with Gasteiger partial charge in [-0.2, -0.15) is 5.26 Å². The quantitative estimate of drug-likeness (QED) is 0.659. The summed E-state index contributed by atoms with van der Waals surface area (Å²) < 4.78 is 0. The molecule has 116 valence electrons. The van der Waals surface area contributed by atoms with Crippen molar-refractivity contribution in [3.05, 3.63) is 63.6 Å². The van der Waals surface area contributed by atoms with Crippen molar-refractivity contribution in [2.45, 2.75) is 0 Å². The zero-order valence-electron chi connectivity index (χ0n) is 11.8. The Hall–Kier alpha value is -2.55. The second-order valence-corrected chi connectivity index (χ2v) is 5.18. The molecule has 0 saturated carbocycles. The first-order chi connectivity index (χ1) is 11.1. The average molecular weight is 348 g/mol. The molecule has 0 spiro atoms. The molecule has 0 aliphatic heterocycles. The van der Waals surface area contributed by atoms with Gasteiger partial charge < -0.3 is 10.2 Å². The lowest BCUT2D eigenvalue weighted by Gasteiger charge is -2.04. The van der Waals surface area contributed by atoms with Crippen LogP contribution < -0.4 is 5.32 Å². The summed E-state index contributed by atoms with van der Waals surface area (Å²) >= 11 is 11.9. The zero-order chi connectivity index (χ0) is 16.7. The Labute approximate surface area is 143 Å². The molecule has 2 aromatic carbocycles. The lowest BCUT2D eigenvalue weighted by molar-refractivity contribution is -0.120. The van der Waals surface area contributed by atoms with Gasteiger partial charge in [-0.1, -0.05) is 46.6 Å². The summed E-state index contributed by atoms with van der Waals surface area (Å²) in [4.78, 5) is 16.6. The molecule has 0 aromatic heterocycles. The standard InChI is InChI=1S/C16H11Cl2N3O2/c17-14-6-2-4-12(16(14)18)9-20-23-10-15(22)21-13-5-1-3-11(7-13)8-19/h1-7,9H,10H2,(H,21,22)/b20-9-. The van der Waals surface area contributed by atoms with Crippen LogP contribution in [0, 0.1) is 11.3 Å². The minimum atomic E-state index is -0.394. The maximum atomic E-state index is 11.7. The maximum Gasteiger partial charge on any atom is 0.265 e. The van der Waals surface area contributed by atoms with Crippen molar-refractivity contribution in [2.24, 2.45) is 5.16 Å². The van der Waals surface area contributed by atoms with E-state index >= 15 is 0 Å². The lowest BCUT2D eigenvalue weighted by Crippen LogP contribution is -2.17. The summed E-state index contributed by atoms with van der Waals surface area (Å²) in [5, 5.41) is 15.8. The lowest BCUT2D eigenvalue weighted by atomic mass is 10.2. The number of carbonyl (C=O) groups excluding carboxylic acids is 1. The summed E-state index contributed by atoms with van der Waals surface area (Å²) in [6, 6.07) is 13.6. The molecule has 0 atom stereocenters. The molecule has 0 bridgehead atoms. The van der Waals surface area contributed by atoms with E-state index in [1.54, 1.807) is 42.5 Å². The molecule has 0 heterocycles. The molecule has 0 radical (unpaired) electrons. The van der Waals surface area contributed by atoms with Gasteiger partial charge in [-0.15, -0.1) is 0 Å². The third kappa shape index (κ3) is 4.99. The molecule has 1 N–H and O–H groups in total. The largest absolute Gasteiger partial charge is 0.386 e. The highest BCUT2D eigenvalue weighted by Gasteiger charge is 2.04. The molecule has 0 fully saturated rings. The smallest absolute Gasteiger partial charge is 0.265 e. The predicted octanol–water partition coefficient (Wildman–Crippen LogP) is 3.85. The Bertz CT molecular complexity index is 785. The topological polar surface area (TPSA) is 74.5 Å². The zero-order valence-corrected chi connectivity index (χ0v) is 13.3.